The van der Waals surface area contributed by atoms with Crippen LogP contribution in [0.3, 0.4) is 0 Å². The second kappa shape index (κ2) is 8.57. The number of nitrogens with one attached hydrogen (secondary N) is 1. The molecule has 1 amide bonds. The molecular weight excluding hydrogens is 278 g/mol. The molecule has 122 valence electrons. The lowest BCUT2D eigenvalue weighted by Gasteiger charge is -2.27. The molecule has 0 radical (unpaired) electrons. The van der Waals surface area contributed by atoms with E-state index in [0.717, 1.165) is 18.4 Å². The van der Waals surface area contributed by atoms with Crippen molar-refractivity contribution in [3.05, 3.63) is 35.9 Å². The summed E-state index contributed by atoms with van der Waals surface area (Å²) in [5.41, 5.74) is 0.824. The molecule has 1 aromatic carbocycles. The standard InChI is InChI=1S/C18H27NO3/c1-5-9-15(12(2)3)17(20)19-16(13(4)18(21)22)14-10-7-6-8-11-14/h6-8,10-13,15-16H,5,9H2,1-4H3,(H,19,20)(H,21,22). The van der Waals surface area contributed by atoms with Crippen LogP contribution in [0.15, 0.2) is 30.3 Å². The smallest absolute Gasteiger partial charge is 0.308 e. The van der Waals surface area contributed by atoms with Gasteiger partial charge in [0.15, 0.2) is 0 Å². The highest BCUT2D eigenvalue weighted by Gasteiger charge is 2.30. The molecule has 3 unspecified atom stereocenters. The Morgan fingerprint density at radius 1 is 1.14 bits per heavy atom. The van der Waals surface area contributed by atoms with Gasteiger partial charge in [-0.3, -0.25) is 9.59 Å². The van der Waals surface area contributed by atoms with Crippen molar-refractivity contribution in [2.75, 3.05) is 0 Å². The first-order chi connectivity index (χ1) is 10.4. The zero-order valence-corrected chi connectivity index (χ0v) is 13.9. The molecule has 0 bridgehead atoms. The van der Waals surface area contributed by atoms with Crippen LogP contribution >= 0.6 is 0 Å². The van der Waals surface area contributed by atoms with E-state index in [4.69, 9.17) is 0 Å². The van der Waals surface area contributed by atoms with E-state index in [0.29, 0.717) is 0 Å². The first-order valence-electron chi connectivity index (χ1n) is 7.96. The molecule has 2 N–H and O–H groups in total. The molecule has 4 heteroatoms. The molecule has 0 aliphatic carbocycles. The molecule has 1 rings (SSSR count). The van der Waals surface area contributed by atoms with Crippen molar-refractivity contribution >= 4 is 11.9 Å². The molecule has 0 spiro atoms. The highest BCUT2D eigenvalue weighted by atomic mass is 16.4. The average Bonchev–Trinajstić information content (AvgIpc) is 2.49. The van der Waals surface area contributed by atoms with Gasteiger partial charge < -0.3 is 10.4 Å². The third kappa shape index (κ3) is 4.86. The highest BCUT2D eigenvalue weighted by molar-refractivity contribution is 5.80. The minimum atomic E-state index is -0.911. The summed E-state index contributed by atoms with van der Waals surface area (Å²) in [5, 5.41) is 12.3. The highest BCUT2D eigenvalue weighted by Crippen LogP contribution is 2.25. The molecule has 3 atom stereocenters. The lowest BCUT2D eigenvalue weighted by molar-refractivity contribution is -0.142. The van der Waals surface area contributed by atoms with Crippen LogP contribution in [-0.2, 0) is 9.59 Å². The van der Waals surface area contributed by atoms with Gasteiger partial charge in [-0.05, 0) is 24.8 Å². The molecule has 0 saturated heterocycles. The normalized spacial score (nSPS) is 15.1. The lowest BCUT2D eigenvalue weighted by atomic mass is 9.88. The number of carbonyl (C=O) groups excluding carboxylic acids is 1. The van der Waals surface area contributed by atoms with Gasteiger partial charge in [-0.15, -0.1) is 0 Å². The van der Waals surface area contributed by atoms with Crippen LogP contribution in [-0.4, -0.2) is 17.0 Å². The van der Waals surface area contributed by atoms with Crippen LogP contribution < -0.4 is 5.32 Å². The number of carboxylic acids is 1. The van der Waals surface area contributed by atoms with Gasteiger partial charge in [-0.2, -0.15) is 0 Å². The Labute approximate surface area is 132 Å². The number of carboxylic acid groups (broad SMARTS) is 1. The predicted octanol–water partition coefficient (Wildman–Crippen LogP) is 3.64. The third-order valence-corrected chi connectivity index (χ3v) is 4.09. The summed E-state index contributed by atoms with van der Waals surface area (Å²) < 4.78 is 0. The Balaban J connectivity index is 2.98. The van der Waals surface area contributed by atoms with Crippen molar-refractivity contribution in [2.45, 2.75) is 46.6 Å². The van der Waals surface area contributed by atoms with Gasteiger partial charge in [-0.1, -0.05) is 57.5 Å². The summed E-state index contributed by atoms with van der Waals surface area (Å²) in [5.74, 6) is -1.50. The van der Waals surface area contributed by atoms with E-state index in [1.165, 1.54) is 0 Å². The maximum Gasteiger partial charge on any atom is 0.308 e. The topological polar surface area (TPSA) is 66.4 Å². The average molecular weight is 305 g/mol. The van der Waals surface area contributed by atoms with E-state index in [2.05, 4.69) is 12.2 Å². The van der Waals surface area contributed by atoms with Crippen LogP contribution in [0.1, 0.15) is 52.1 Å². The number of rotatable bonds is 8. The van der Waals surface area contributed by atoms with Crippen molar-refractivity contribution in [3.63, 3.8) is 0 Å². The molecule has 0 aliphatic heterocycles. The summed E-state index contributed by atoms with van der Waals surface area (Å²) in [4.78, 5) is 24.0. The molecule has 1 aromatic rings. The zero-order valence-electron chi connectivity index (χ0n) is 13.9. The van der Waals surface area contributed by atoms with Crippen LogP contribution in [0.4, 0.5) is 0 Å². The summed E-state index contributed by atoms with van der Waals surface area (Å²) >= 11 is 0. The summed E-state index contributed by atoms with van der Waals surface area (Å²) in [6.07, 6.45) is 1.74. The summed E-state index contributed by atoms with van der Waals surface area (Å²) in [6.45, 7) is 7.73. The summed E-state index contributed by atoms with van der Waals surface area (Å²) in [6, 6.07) is 8.79. The second-order valence-electron chi connectivity index (χ2n) is 6.16. The fourth-order valence-electron chi connectivity index (χ4n) is 2.64. The second-order valence-corrected chi connectivity index (χ2v) is 6.16. The van der Waals surface area contributed by atoms with Crippen molar-refractivity contribution in [2.24, 2.45) is 17.8 Å². The monoisotopic (exact) mass is 305 g/mol. The van der Waals surface area contributed by atoms with Crippen molar-refractivity contribution in [1.29, 1.82) is 0 Å². The van der Waals surface area contributed by atoms with Gasteiger partial charge in [0, 0.05) is 5.92 Å². The van der Waals surface area contributed by atoms with Crippen LogP contribution in [0, 0.1) is 17.8 Å². The van der Waals surface area contributed by atoms with E-state index >= 15 is 0 Å². The van der Waals surface area contributed by atoms with E-state index in [1.54, 1.807) is 6.92 Å². The molecule has 0 fully saturated rings. The van der Waals surface area contributed by atoms with Gasteiger partial charge in [0.25, 0.3) is 0 Å². The largest absolute Gasteiger partial charge is 0.481 e. The van der Waals surface area contributed by atoms with E-state index in [9.17, 15) is 14.7 Å². The van der Waals surface area contributed by atoms with Gasteiger partial charge in [0.2, 0.25) is 5.91 Å². The molecule has 0 aromatic heterocycles. The first kappa shape index (κ1) is 18.2. The fourth-order valence-corrected chi connectivity index (χ4v) is 2.64. The number of aliphatic carboxylic acids is 1. The minimum Gasteiger partial charge on any atom is -0.481 e. The molecule has 4 nitrogen and oxygen atoms in total. The zero-order chi connectivity index (χ0) is 16.7. The van der Waals surface area contributed by atoms with E-state index < -0.39 is 17.9 Å². The Hall–Kier alpha value is -1.84. The summed E-state index contributed by atoms with van der Waals surface area (Å²) in [7, 11) is 0. The Kier molecular flexibility index (Phi) is 7.09. The number of carbonyl (C=O) groups is 2. The van der Waals surface area contributed by atoms with Crippen molar-refractivity contribution in [3.8, 4) is 0 Å². The molecular formula is C18H27NO3. The van der Waals surface area contributed by atoms with Gasteiger partial charge in [0.1, 0.15) is 0 Å². The molecule has 0 saturated carbocycles. The third-order valence-electron chi connectivity index (χ3n) is 4.09. The quantitative estimate of drug-likeness (QED) is 0.770. The van der Waals surface area contributed by atoms with Crippen LogP contribution in [0.5, 0.6) is 0 Å². The van der Waals surface area contributed by atoms with Crippen LogP contribution in [0.2, 0.25) is 0 Å². The Morgan fingerprint density at radius 3 is 2.18 bits per heavy atom. The van der Waals surface area contributed by atoms with Crippen LogP contribution in [0.25, 0.3) is 0 Å². The molecule has 22 heavy (non-hydrogen) atoms. The molecule has 0 aliphatic rings. The van der Waals surface area contributed by atoms with Gasteiger partial charge in [0.05, 0.1) is 12.0 Å². The fraction of sp³-hybridized carbons (Fsp3) is 0.556. The minimum absolute atomic E-state index is 0.0567. The van der Waals surface area contributed by atoms with Gasteiger partial charge >= 0.3 is 5.97 Å². The lowest BCUT2D eigenvalue weighted by Crippen LogP contribution is -2.40. The van der Waals surface area contributed by atoms with E-state index in [-0.39, 0.29) is 17.7 Å². The predicted molar refractivity (Wildman–Crippen MR) is 87.4 cm³/mol. The SMILES string of the molecule is CCCC(C(=O)NC(c1ccccc1)C(C)C(=O)O)C(C)C. The molecule has 0 heterocycles. The maximum atomic E-state index is 12.6. The number of benzene rings is 1. The number of amides is 1. The van der Waals surface area contributed by atoms with E-state index in [1.807, 2.05) is 44.2 Å². The van der Waals surface area contributed by atoms with Gasteiger partial charge in [-0.25, -0.2) is 0 Å². The number of hydrogen-bond donors (Lipinski definition) is 2. The Bertz CT molecular complexity index is 484. The van der Waals surface area contributed by atoms with Crippen molar-refractivity contribution < 1.29 is 14.7 Å². The van der Waals surface area contributed by atoms with Crippen molar-refractivity contribution in [1.82, 2.24) is 5.32 Å². The Morgan fingerprint density at radius 2 is 1.73 bits per heavy atom. The number of hydrogen-bond acceptors (Lipinski definition) is 2. The first-order valence-corrected chi connectivity index (χ1v) is 7.96. The maximum absolute atomic E-state index is 12.6.